The average molecular weight is 466 g/mol. The van der Waals surface area contributed by atoms with E-state index >= 15 is 0 Å². The fourth-order valence-electron chi connectivity index (χ4n) is 3.11. The first-order chi connectivity index (χ1) is 14.7. The smallest absolute Gasteiger partial charge is 0.289 e. The largest absolute Gasteiger partial charge is 0.480 e. The zero-order valence-electron chi connectivity index (χ0n) is 17.2. The summed E-state index contributed by atoms with van der Waals surface area (Å²) in [4.78, 5) is 20.4. The van der Waals surface area contributed by atoms with Crippen LogP contribution in [0.5, 0.6) is 5.75 Å². The van der Waals surface area contributed by atoms with Crippen molar-refractivity contribution in [3.8, 4) is 5.75 Å². The molecule has 3 rings (SSSR count). The van der Waals surface area contributed by atoms with E-state index in [2.05, 4.69) is 15.3 Å². The Morgan fingerprint density at radius 2 is 2.03 bits per heavy atom. The molecule has 8 nitrogen and oxygen atoms in total. The van der Waals surface area contributed by atoms with E-state index in [1.807, 2.05) is 18.2 Å². The van der Waals surface area contributed by atoms with Crippen LogP contribution in [0.15, 0.2) is 48.1 Å². The van der Waals surface area contributed by atoms with Crippen molar-refractivity contribution in [1.82, 2.24) is 15.3 Å². The minimum atomic E-state index is -3.27. The van der Waals surface area contributed by atoms with Gasteiger partial charge in [-0.1, -0.05) is 35.9 Å². The average Bonchev–Trinajstić information content (AvgIpc) is 3.26. The number of benzene rings is 1. The van der Waals surface area contributed by atoms with Crippen LogP contribution >= 0.6 is 11.6 Å². The summed E-state index contributed by atoms with van der Waals surface area (Å²) in [5.41, 5.74) is 0.810. The highest BCUT2D eigenvalue weighted by molar-refractivity contribution is 7.93. The molecular formula is C21H24ClN3O5S. The Hall–Kier alpha value is -2.49. The van der Waals surface area contributed by atoms with Gasteiger partial charge in [0, 0.05) is 34.9 Å². The molecule has 1 amide bonds. The van der Waals surface area contributed by atoms with E-state index in [9.17, 15) is 13.2 Å². The maximum atomic E-state index is 12.3. The third-order valence-electron chi connectivity index (χ3n) is 4.58. The van der Waals surface area contributed by atoms with Crippen molar-refractivity contribution in [2.75, 3.05) is 12.9 Å². The molecule has 1 aliphatic rings. The lowest BCUT2D eigenvalue weighted by molar-refractivity contribution is 0.0109. The molecule has 10 heteroatoms. The molecule has 0 aliphatic carbocycles. The summed E-state index contributed by atoms with van der Waals surface area (Å²) < 4.78 is 34.3. The number of carbonyl (C=O) groups is 1. The van der Waals surface area contributed by atoms with E-state index in [0.717, 1.165) is 30.1 Å². The molecular weight excluding hydrogens is 442 g/mol. The van der Waals surface area contributed by atoms with Crippen LogP contribution in [0.4, 0.5) is 0 Å². The van der Waals surface area contributed by atoms with Crippen molar-refractivity contribution in [2.24, 2.45) is 0 Å². The molecule has 1 N–H and O–H groups in total. The second-order valence-electron chi connectivity index (χ2n) is 7.27. The van der Waals surface area contributed by atoms with Gasteiger partial charge in [-0.05, 0) is 25.8 Å². The molecule has 1 aromatic heterocycles. The standard InChI is InChI=1S/C21H24ClN3O5S/c1-14(9-11-31(2,27)28)25-21(26)20-23-12-15(13-24-20)30-19(18-8-5-10-29-18)16-6-3-4-7-17(16)22/h3-4,6-7,9,11-14,18-19H,5,8,10H2,1-2H3,(H,25,26)/b11-9+/t14-,18+,19-/m1/s1. The van der Waals surface area contributed by atoms with E-state index < -0.39 is 27.9 Å². The molecule has 1 saturated heterocycles. The Morgan fingerprint density at radius 1 is 1.32 bits per heavy atom. The fourth-order valence-corrected chi connectivity index (χ4v) is 3.87. The number of hydrogen-bond donors (Lipinski definition) is 1. The lowest BCUT2D eigenvalue weighted by Gasteiger charge is -2.25. The number of nitrogens with one attached hydrogen (secondary N) is 1. The van der Waals surface area contributed by atoms with Crippen LogP contribution in [0.3, 0.4) is 0 Å². The number of hydrogen-bond acceptors (Lipinski definition) is 7. The van der Waals surface area contributed by atoms with Crippen molar-refractivity contribution in [2.45, 2.75) is 38.0 Å². The summed E-state index contributed by atoms with van der Waals surface area (Å²) in [5.74, 6) is -0.209. The monoisotopic (exact) mass is 465 g/mol. The van der Waals surface area contributed by atoms with Gasteiger partial charge in [-0.2, -0.15) is 0 Å². The SMILES string of the molecule is C[C@H](/C=C/S(C)(=O)=O)NC(=O)c1ncc(O[C@H](c2ccccc2Cl)[C@@H]2CCCO2)cn1. The van der Waals surface area contributed by atoms with E-state index in [4.69, 9.17) is 21.1 Å². The number of ether oxygens (including phenoxy) is 2. The molecule has 0 spiro atoms. The zero-order chi connectivity index (χ0) is 22.4. The van der Waals surface area contributed by atoms with Gasteiger partial charge in [0.2, 0.25) is 5.82 Å². The molecule has 31 heavy (non-hydrogen) atoms. The van der Waals surface area contributed by atoms with Crippen LogP contribution in [0.25, 0.3) is 0 Å². The highest BCUT2D eigenvalue weighted by Gasteiger charge is 2.31. The predicted molar refractivity (Wildman–Crippen MR) is 117 cm³/mol. The lowest BCUT2D eigenvalue weighted by atomic mass is 10.0. The van der Waals surface area contributed by atoms with Crippen LogP contribution in [-0.2, 0) is 14.6 Å². The predicted octanol–water partition coefficient (Wildman–Crippen LogP) is 3.11. The maximum absolute atomic E-state index is 12.3. The van der Waals surface area contributed by atoms with Crippen LogP contribution in [0, 0.1) is 0 Å². The third-order valence-corrected chi connectivity index (χ3v) is 5.58. The summed E-state index contributed by atoms with van der Waals surface area (Å²) in [5, 5.41) is 4.23. The van der Waals surface area contributed by atoms with Gasteiger partial charge in [0.15, 0.2) is 21.7 Å². The van der Waals surface area contributed by atoms with Crippen LogP contribution in [0.2, 0.25) is 5.02 Å². The Kier molecular flexibility index (Phi) is 7.64. The summed E-state index contributed by atoms with van der Waals surface area (Å²) in [6.45, 7) is 2.31. The van der Waals surface area contributed by atoms with Crippen molar-refractivity contribution >= 4 is 27.3 Å². The van der Waals surface area contributed by atoms with Gasteiger partial charge >= 0.3 is 0 Å². The fraction of sp³-hybridized carbons (Fsp3) is 0.381. The molecule has 1 aliphatic heterocycles. The third kappa shape index (κ3) is 6.75. The lowest BCUT2D eigenvalue weighted by Crippen LogP contribution is -2.32. The number of aromatic nitrogens is 2. The number of carbonyl (C=O) groups excluding carboxylic acids is 1. The number of amides is 1. The zero-order valence-corrected chi connectivity index (χ0v) is 18.8. The summed E-state index contributed by atoms with van der Waals surface area (Å²) in [6.07, 6.45) is 6.49. The molecule has 0 saturated carbocycles. The van der Waals surface area contributed by atoms with Gasteiger partial charge in [-0.25, -0.2) is 18.4 Å². The molecule has 1 aromatic carbocycles. The van der Waals surface area contributed by atoms with E-state index in [1.54, 1.807) is 13.0 Å². The van der Waals surface area contributed by atoms with Gasteiger partial charge in [-0.3, -0.25) is 4.79 Å². The van der Waals surface area contributed by atoms with Crippen molar-refractivity contribution in [3.63, 3.8) is 0 Å². The molecule has 2 aromatic rings. The molecule has 0 radical (unpaired) electrons. The number of rotatable bonds is 8. The topological polar surface area (TPSA) is 107 Å². The summed E-state index contributed by atoms with van der Waals surface area (Å²) in [7, 11) is -3.27. The van der Waals surface area contributed by atoms with Crippen molar-refractivity contribution < 1.29 is 22.7 Å². The summed E-state index contributed by atoms with van der Waals surface area (Å²) in [6, 6.07) is 6.91. The Bertz CT molecular complexity index is 1040. The first-order valence-electron chi connectivity index (χ1n) is 9.77. The van der Waals surface area contributed by atoms with Crippen LogP contribution in [-0.4, -0.2) is 49.3 Å². The molecule has 166 valence electrons. The van der Waals surface area contributed by atoms with E-state index in [0.29, 0.717) is 17.4 Å². The molecule has 1 fully saturated rings. The molecule has 3 atom stereocenters. The first kappa shape index (κ1) is 23.2. The van der Waals surface area contributed by atoms with E-state index in [-0.39, 0.29) is 11.9 Å². The Balaban J connectivity index is 1.70. The van der Waals surface area contributed by atoms with Gasteiger partial charge in [0.1, 0.15) is 0 Å². The summed E-state index contributed by atoms with van der Waals surface area (Å²) >= 11 is 6.37. The molecule has 2 heterocycles. The van der Waals surface area contributed by atoms with Crippen molar-refractivity contribution in [3.05, 3.63) is 64.6 Å². The van der Waals surface area contributed by atoms with Gasteiger partial charge in [-0.15, -0.1) is 0 Å². The minimum absolute atomic E-state index is 0.0571. The first-order valence-corrected chi connectivity index (χ1v) is 12.1. The number of nitrogens with zero attached hydrogens (tertiary/aromatic N) is 2. The normalized spacial score (nSPS) is 18.6. The second-order valence-corrected chi connectivity index (χ2v) is 9.61. The van der Waals surface area contributed by atoms with Crippen LogP contribution < -0.4 is 10.1 Å². The van der Waals surface area contributed by atoms with Gasteiger partial charge in [0.05, 0.1) is 18.5 Å². The highest BCUT2D eigenvalue weighted by Crippen LogP contribution is 2.34. The van der Waals surface area contributed by atoms with Gasteiger partial charge in [0.25, 0.3) is 5.91 Å². The quantitative estimate of drug-likeness (QED) is 0.638. The molecule has 0 unspecified atom stereocenters. The van der Waals surface area contributed by atoms with E-state index in [1.165, 1.54) is 18.5 Å². The number of halogens is 1. The van der Waals surface area contributed by atoms with Crippen molar-refractivity contribution in [1.29, 1.82) is 0 Å². The molecule has 0 bridgehead atoms. The maximum Gasteiger partial charge on any atom is 0.289 e. The Labute approximate surface area is 186 Å². The van der Waals surface area contributed by atoms with Crippen LogP contribution in [0.1, 0.15) is 42.1 Å². The second kappa shape index (κ2) is 10.2. The highest BCUT2D eigenvalue weighted by atomic mass is 35.5. The number of sulfone groups is 1. The minimum Gasteiger partial charge on any atom is -0.480 e. The van der Waals surface area contributed by atoms with Gasteiger partial charge < -0.3 is 14.8 Å². The Morgan fingerprint density at radius 3 is 2.65 bits per heavy atom.